The van der Waals surface area contributed by atoms with Crippen LogP contribution in [0.4, 0.5) is 0 Å². The zero-order valence-electron chi connectivity index (χ0n) is 10.5. The van der Waals surface area contributed by atoms with E-state index in [1.165, 1.54) is 0 Å². The van der Waals surface area contributed by atoms with Gasteiger partial charge in [-0.1, -0.05) is 33.6 Å². The molecule has 2 N–H and O–H groups in total. The van der Waals surface area contributed by atoms with Crippen LogP contribution in [0.3, 0.4) is 0 Å². The highest BCUT2D eigenvalue weighted by molar-refractivity contribution is 5.71. The summed E-state index contributed by atoms with van der Waals surface area (Å²) in [4.78, 5) is 11.1. The van der Waals surface area contributed by atoms with Crippen LogP contribution in [0.2, 0.25) is 0 Å². The summed E-state index contributed by atoms with van der Waals surface area (Å²) in [6, 6.07) is 0. The van der Waals surface area contributed by atoms with Crippen LogP contribution in [-0.2, 0) is 4.79 Å². The summed E-state index contributed by atoms with van der Waals surface area (Å²) in [6.07, 6.45) is 2.95. The molecule has 0 aromatic rings. The van der Waals surface area contributed by atoms with Crippen molar-refractivity contribution in [3.63, 3.8) is 0 Å². The van der Waals surface area contributed by atoms with E-state index in [4.69, 9.17) is 5.11 Å². The van der Waals surface area contributed by atoms with Crippen molar-refractivity contribution in [2.75, 3.05) is 0 Å². The maximum Gasteiger partial charge on any atom is 0.309 e. The average molecular weight is 228 g/mol. The lowest BCUT2D eigenvalue weighted by atomic mass is 9.64. The van der Waals surface area contributed by atoms with Crippen molar-refractivity contribution in [1.29, 1.82) is 0 Å². The summed E-state index contributed by atoms with van der Waals surface area (Å²) in [7, 11) is 0. The molecule has 0 heterocycles. The third-order valence-corrected chi connectivity index (χ3v) is 4.17. The van der Waals surface area contributed by atoms with Crippen LogP contribution in [-0.4, -0.2) is 22.3 Å². The van der Waals surface area contributed by atoms with Gasteiger partial charge in [-0.25, -0.2) is 0 Å². The van der Waals surface area contributed by atoms with Gasteiger partial charge in [0.15, 0.2) is 0 Å². The van der Waals surface area contributed by atoms with Crippen molar-refractivity contribution < 1.29 is 15.0 Å². The first-order chi connectivity index (χ1) is 7.52. The molecule has 0 bridgehead atoms. The average Bonchev–Trinajstić information content (AvgIpc) is 2.23. The Morgan fingerprint density at radius 3 is 2.38 bits per heavy atom. The first kappa shape index (κ1) is 13.5. The quantitative estimate of drug-likeness (QED) is 0.777. The zero-order valence-corrected chi connectivity index (χ0v) is 10.5. The van der Waals surface area contributed by atoms with Gasteiger partial charge in [0.05, 0.1) is 12.0 Å². The van der Waals surface area contributed by atoms with Crippen LogP contribution in [0.5, 0.6) is 0 Å². The molecule has 0 aliphatic heterocycles. The highest BCUT2D eigenvalue weighted by Crippen LogP contribution is 2.42. The van der Waals surface area contributed by atoms with Crippen LogP contribution in [0, 0.1) is 23.7 Å². The number of aliphatic hydroxyl groups excluding tert-OH is 1. The van der Waals surface area contributed by atoms with E-state index in [1.54, 1.807) is 0 Å². The molecule has 0 aromatic carbocycles. The summed E-state index contributed by atoms with van der Waals surface area (Å²) in [5, 5.41) is 19.3. The lowest BCUT2D eigenvalue weighted by Gasteiger charge is -2.42. The molecule has 1 aliphatic rings. The smallest absolute Gasteiger partial charge is 0.309 e. The molecular weight excluding hydrogens is 204 g/mol. The molecule has 16 heavy (non-hydrogen) atoms. The summed E-state index contributed by atoms with van der Waals surface area (Å²) in [5.74, 6) is -0.346. The Bertz CT molecular complexity index is 239. The fourth-order valence-electron chi connectivity index (χ4n) is 3.36. The number of aliphatic carboxylic acids is 1. The molecule has 1 rings (SSSR count). The van der Waals surface area contributed by atoms with E-state index in [-0.39, 0.29) is 5.92 Å². The molecule has 3 heteroatoms. The number of hydrogen-bond acceptors (Lipinski definition) is 2. The second-order valence-corrected chi connectivity index (χ2v) is 5.17. The van der Waals surface area contributed by atoms with Gasteiger partial charge < -0.3 is 10.2 Å². The number of carboxylic acids is 1. The fraction of sp³-hybridized carbons (Fsp3) is 0.923. The molecular formula is C13H24O3. The van der Waals surface area contributed by atoms with Crippen molar-refractivity contribution in [2.45, 2.75) is 52.6 Å². The molecule has 0 aromatic heterocycles. The van der Waals surface area contributed by atoms with Crippen LogP contribution in [0.1, 0.15) is 46.5 Å². The summed E-state index contributed by atoms with van der Waals surface area (Å²) in [5.41, 5.74) is 0. The maximum atomic E-state index is 11.1. The molecule has 3 nitrogen and oxygen atoms in total. The van der Waals surface area contributed by atoms with Gasteiger partial charge in [-0.15, -0.1) is 0 Å². The third-order valence-electron chi connectivity index (χ3n) is 4.17. The minimum absolute atomic E-state index is 0.167. The van der Waals surface area contributed by atoms with E-state index in [2.05, 4.69) is 20.8 Å². The van der Waals surface area contributed by atoms with Crippen LogP contribution in [0.25, 0.3) is 0 Å². The van der Waals surface area contributed by atoms with Gasteiger partial charge in [-0.3, -0.25) is 4.79 Å². The normalized spacial score (nSPS) is 39.6. The van der Waals surface area contributed by atoms with Gasteiger partial charge in [-0.2, -0.15) is 0 Å². The standard InChI is InChI=1S/C13H24O3/c1-4-6-10-9(5-2)8(3)7-11(12(10)14)13(15)16/h8-12,14H,4-7H2,1-3H3,(H,15,16). The van der Waals surface area contributed by atoms with Crippen molar-refractivity contribution in [1.82, 2.24) is 0 Å². The lowest BCUT2D eigenvalue weighted by molar-refractivity contribution is -0.153. The van der Waals surface area contributed by atoms with E-state index in [9.17, 15) is 9.90 Å². The number of aliphatic hydroxyl groups is 1. The number of hydrogen-bond donors (Lipinski definition) is 2. The molecule has 0 spiro atoms. The molecule has 1 fully saturated rings. The van der Waals surface area contributed by atoms with E-state index in [0.29, 0.717) is 18.3 Å². The Balaban J connectivity index is 2.84. The molecule has 94 valence electrons. The molecule has 0 saturated heterocycles. The second-order valence-electron chi connectivity index (χ2n) is 5.17. The van der Waals surface area contributed by atoms with Gasteiger partial charge >= 0.3 is 5.97 Å². The number of rotatable bonds is 4. The molecule has 1 saturated carbocycles. The fourth-order valence-corrected chi connectivity index (χ4v) is 3.36. The minimum atomic E-state index is -0.838. The highest BCUT2D eigenvalue weighted by Gasteiger charge is 2.43. The van der Waals surface area contributed by atoms with E-state index < -0.39 is 18.0 Å². The predicted molar refractivity (Wildman–Crippen MR) is 63.1 cm³/mol. The minimum Gasteiger partial charge on any atom is -0.481 e. The summed E-state index contributed by atoms with van der Waals surface area (Å²) in [6.45, 7) is 6.35. The molecule has 1 aliphatic carbocycles. The molecule has 0 radical (unpaired) electrons. The van der Waals surface area contributed by atoms with Crippen LogP contribution >= 0.6 is 0 Å². The monoisotopic (exact) mass is 228 g/mol. The predicted octanol–water partition coefficient (Wildman–Crippen LogP) is 2.53. The number of carbonyl (C=O) groups is 1. The third kappa shape index (κ3) is 2.57. The van der Waals surface area contributed by atoms with Crippen molar-refractivity contribution in [2.24, 2.45) is 23.7 Å². The largest absolute Gasteiger partial charge is 0.481 e. The zero-order chi connectivity index (χ0) is 12.3. The van der Waals surface area contributed by atoms with Gasteiger partial charge in [0.25, 0.3) is 0 Å². The van der Waals surface area contributed by atoms with Crippen molar-refractivity contribution in [3.8, 4) is 0 Å². The first-order valence-corrected chi connectivity index (χ1v) is 6.43. The highest BCUT2D eigenvalue weighted by atomic mass is 16.4. The Morgan fingerprint density at radius 1 is 1.31 bits per heavy atom. The van der Waals surface area contributed by atoms with Gasteiger partial charge in [0.2, 0.25) is 0 Å². The second kappa shape index (κ2) is 5.67. The summed E-state index contributed by atoms with van der Waals surface area (Å²) < 4.78 is 0. The van der Waals surface area contributed by atoms with E-state index in [0.717, 1.165) is 19.3 Å². The number of carboxylic acid groups (broad SMARTS) is 1. The van der Waals surface area contributed by atoms with Gasteiger partial charge in [0, 0.05) is 0 Å². The maximum absolute atomic E-state index is 11.1. The molecule has 0 amide bonds. The lowest BCUT2D eigenvalue weighted by Crippen LogP contribution is -2.45. The molecule has 5 unspecified atom stereocenters. The van der Waals surface area contributed by atoms with Crippen LogP contribution in [0.15, 0.2) is 0 Å². The topological polar surface area (TPSA) is 57.5 Å². The van der Waals surface area contributed by atoms with Gasteiger partial charge in [-0.05, 0) is 30.6 Å². The SMILES string of the molecule is CCCC1C(O)C(C(=O)O)CC(C)C1CC. The first-order valence-electron chi connectivity index (χ1n) is 6.43. The molecule has 5 atom stereocenters. The summed E-state index contributed by atoms with van der Waals surface area (Å²) >= 11 is 0. The Kier molecular flexibility index (Phi) is 4.78. The van der Waals surface area contributed by atoms with Crippen LogP contribution < -0.4 is 0 Å². The van der Waals surface area contributed by atoms with E-state index >= 15 is 0 Å². The Hall–Kier alpha value is -0.570. The van der Waals surface area contributed by atoms with Crippen molar-refractivity contribution in [3.05, 3.63) is 0 Å². The van der Waals surface area contributed by atoms with E-state index in [1.807, 2.05) is 0 Å². The Labute approximate surface area is 97.9 Å². The van der Waals surface area contributed by atoms with Crippen molar-refractivity contribution >= 4 is 5.97 Å². The van der Waals surface area contributed by atoms with Gasteiger partial charge in [0.1, 0.15) is 0 Å². The Morgan fingerprint density at radius 2 is 1.94 bits per heavy atom.